The Hall–Kier alpha value is -3.60. The molecule has 1 aliphatic rings. The minimum absolute atomic E-state index is 0.236. The normalized spacial score (nSPS) is 12.4. The summed E-state index contributed by atoms with van der Waals surface area (Å²) < 4.78 is 11.1. The Labute approximate surface area is 163 Å². The van der Waals surface area contributed by atoms with Gasteiger partial charge in [-0.1, -0.05) is 48.5 Å². The van der Waals surface area contributed by atoms with Gasteiger partial charge in [-0.05, 0) is 42.3 Å². The third-order valence-electron chi connectivity index (χ3n) is 4.59. The molecule has 140 valence electrons. The molecule has 4 rings (SSSR count). The maximum Gasteiger partial charge on any atom is 0.342 e. The second kappa shape index (κ2) is 7.96. The molecular weight excluding hydrogens is 354 g/mol. The molecule has 0 N–H and O–H groups in total. The summed E-state index contributed by atoms with van der Waals surface area (Å²) >= 11 is 0. The molecule has 5 heteroatoms. The predicted octanol–water partition coefficient (Wildman–Crippen LogP) is 4.23. The first-order valence-corrected chi connectivity index (χ1v) is 9.10. The van der Waals surface area contributed by atoms with Crippen LogP contribution in [0.25, 0.3) is 0 Å². The third-order valence-corrected chi connectivity index (χ3v) is 4.59. The minimum atomic E-state index is -0.590. The first kappa shape index (κ1) is 17.8. The maximum absolute atomic E-state index is 12.5. The van der Waals surface area contributed by atoms with Crippen LogP contribution in [-0.4, -0.2) is 25.0 Å². The fourth-order valence-electron chi connectivity index (χ4n) is 3.22. The van der Waals surface area contributed by atoms with Crippen molar-refractivity contribution in [2.45, 2.75) is 6.42 Å². The van der Waals surface area contributed by atoms with E-state index in [2.05, 4.69) is 0 Å². The average Bonchev–Trinajstić information content (AvgIpc) is 3.17. The number of carbonyl (C=O) groups excluding carboxylic acids is 2. The molecule has 5 nitrogen and oxygen atoms in total. The van der Waals surface area contributed by atoms with Crippen LogP contribution in [0.2, 0.25) is 0 Å². The van der Waals surface area contributed by atoms with Gasteiger partial charge >= 0.3 is 5.97 Å². The van der Waals surface area contributed by atoms with E-state index in [1.54, 1.807) is 41.3 Å². The fraction of sp³-hybridized carbons (Fsp3) is 0.130. The molecule has 0 saturated carbocycles. The smallest absolute Gasteiger partial charge is 0.342 e. The summed E-state index contributed by atoms with van der Waals surface area (Å²) in [6.07, 6.45) is 0.809. The zero-order valence-corrected chi connectivity index (χ0v) is 15.2. The summed E-state index contributed by atoms with van der Waals surface area (Å²) in [6.45, 7) is 0.288. The van der Waals surface area contributed by atoms with Gasteiger partial charge in [-0.3, -0.25) is 4.79 Å². The molecule has 3 aromatic carbocycles. The summed E-state index contributed by atoms with van der Waals surface area (Å²) in [4.78, 5) is 26.7. The van der Waals surface area contributed by atoms with Crippen molar-refractivity contribution in [2.75, 3.05) is 18.1 Å². The topological polar surface area (TPSA) is 55.8 Å². The van der Waals surface area contributed by atoms with Gasteiger partial charge in [0.15, 0.2) is 6.61 Å². The number of rotatable bonds is 5. The van der Waals surface area contributed by atoms with Crippen LogP contribution in [0.5, 0.6) is 11.5 Å². The molecule has 1 aliphatic heterocycles. The van der Waals surface area contributed by atoms with E-state index in [1.165, 1.54) is 0 Å². The molecular formula is C23H19NO4. The molecule has 1 amide bonds. The van der Waals surface area contributed by atoms with Crippen LogP contribution < -0.4 is 9.64 Å². The fourth-order valence-corrected chi connectivity index (χ4v) is 3.22. The Balaban J connectivity index is 1.43. The molecule has 0 bridgehead atoms. The van der Waals surface area contributed by atoms with Crippen molar-refractivity contribution in [3.63, 3.8) is 0 Å². The van der Waals surface area contributed by atoms with Gasteiger partial charge in [0.05, 0.1) is 0 Å². The Bertz CT molecular complexity index is 1000. The molecule has 1 heterocycles. The van der Waals surface area contributed by atoms with E-state index in [0.717, 1.165) is 17.7 Å². The first-order chi connectivity index (χ1) is 13.7. The maximum atomic E-state index is 12.5. The van der Waals surface area contributed by atoms with Crippen LogP contribution >= 0.6 is 0 Å². The van der Waals surface area contributed by atoms with Crippen molar-refractivity contribution in [3.8, 4) is 11.5 Å². The summed E-state index contributed by atoms with van der Waals surface area (Å²) in [7, 11) is 0. The molecule has 3 aromatic rings. The van der Waals surface area contributed by atoms with Gasteiger partial charge in [-0.25, -0.2) is 4.79 Å². The highest BCUT2D eigenvalue weighted by Crippen LogP contribution is 2.28. The largest absolute Gasteiger partial charge is 0.456 e. The van der Waals surface area contributed by atoms with Crippen molar-refractivity contribution < 1.29 is 19.1 Å². The molecule has 0 spiro atoms. The van der Waals surface area contributed by atoms with Gasteiger partial charge in [-0.15, -0.1) is 0 Å². The van der Waals surface area contributed by atoms with Crippen LogP contribution in [0.1, 0.15) is 15.9 Å². The van der Waals surface area contributed by atoms with Gasteiger partial charge < -0.3 is 14.4 Å². The van der Waals surface area contributed by atoms with Crippen molar-refractivity contribution in [2.24, 2.45) is 0 Å². The van der Waals surface area contributed by atoms with Crippen molar-refractivity contribution in [3.05, 3.63) is 90.0 Å². The van der Waals surface area contributed by atoms with E-state index in [1.807, 2.05) is 42.5 Å². The average molecular weight is 373 g/mol. The number of nitrogens with zero attached hydrogens (tertiary/aromatic N) is 1. The lowest BCUT2D eigenvalue weighted by Gasteiger charge is -2.17. The number of ether oxygens (including phenoxy) is 2. The number of hydrogen-bond acceptors (Lipinski definition) is 4. The lowest BCUT2D eigenvalue weighted by Crippen LogP contribution is -2.33. The second-order valence-electron chi connectivity index (χ2n) is 6.41. The molecule has 0 saturated heterocycles. The molecule has 0 unspecified atom stereocenters. The minimum Gasteiger partial charge on any atom is -0.456 e. The van der Waals surface area contributed by atoms with Crippen LogP contribution in [0.15, 0.2) is 78.9 Å². The van der Waals surface area contributed by atoms with Crippen LogP contribution in [0.3, 0.4) is 0 Å². The monoisotopic (exact) mass is 373 g/mol. The van der Waals surface area contributed by atoms with Crippen LogP contribution in [-0.2, 0) is 16.0 Å². The highest BCUT2D eigenvalue weighted by molar-refractivity contribution is 5.99. The van der Waals surface area contributed by atoms with Gasteiger partial charge in [0, 0.05) is 12.2 Å². The van der Waals surface area contributed by atoms with E-state index >= 15 is 0 Å². The summed E-state index contributed by atoms with van der Waals surface area (Å²) in [5.41, 5.74) is 2.29. The summed E-state index contributed by atoms with van der Waals surface area (Å²) in [5, 5.41) is 0. The van der Waals surface area contributed by atoms with Gasteiger partial charge in [0.2, 0.25) is 0 Å². The van der Waals surface area contributed by atoms with Gasteiger partial charge in [-0.2, -0.15) is 0 Å². The lowest BCUT2D eigenvalue weighted by atomic mass is 10.2. The van der Waals surface area contributed by atoms with Crippen LogP contribution in [0.4, 0.5) is 5.69 Å². The molecule has 0 aromatic heterocycles. The van der Waals surface area contributed by atoms with Crippen molar-refractivity contribution >= 4 is 17.6 Å². The zero-order valence-electron chi connectivity index (χ0n) is 15.2. The predicted molar refractivity (Wildman–Crippen MR) is 106 cm³/mol. The Morgan fingerprint density at radius 2 is 1.57 bits per heavy atom. The van der Waals surface area contributed by atoms with E-state index in [-0.39, 0.29) is 18.1 Å². The van der Waals surface area contributed by atoms with E-state index in [0.29, 0.717) is 18.0 Å². The van der Waals surface area contributed by atoms with E-state index in [9.17, 15) is 9.59 Å². The number of hydrogen-bond donors (Lipinski definition) is 0. The zero-order chi connectivity index (χ0) is 19.3. The molecule has 28 heavy (non-hydrogen) atoms. The number of fused-ring (bicyclic) bond motifs is 1. The third kappa shape index (κ3) is 3.74. The standard InChI is InChI=1S/C23H19NO4/c25-22(24-15-14-17-8-4-6-12-20(17)24)16-27-23(26)19-11-5-7-13-21(19)28-18-9-2-1-3-10-18/h1-13H,14-16H2. The first-order valence-electron chi connectivity index (χ1n) is 9.10. The highest BCUT2D eigenvalue weighted by atomic mass is 16.5. The number of esters is 1. The number of para-hydroxylation sites is 3. The molecule has 0 aliphatic carbocycles. The molecule has 0 radical (unpaired) electrons. The molecule has 0 atom stereocenters. The summed E-state index contributed by atoms with van der Waals surface area (Å²) in [6, 6.07) is 23.8. The lowest BCUT2D eigenvalue weighted by molar-refractivity contribution is -0.121. The number of anilines is 1. The van der Waals surface area contributed by atoms with E-state index in [4.69, 9.17) is 9.47 Å². The number of carbonyl (C=O) groups is 2. The Kier molecular flexibility index (Phi) is 5.06. The highest BCUT2D eigenvalue weighted by Gasteiger charge is 2.25. The Morgan fingerprint density at radius 3 is 2.43 bits per heavy atom. The number of amides is 1. The van der Waals surface area contributed by atoms with Crippen molar-refractivity contribution in [1.29, 1.82) is 0 Å². The van der Waals surface area contributed by atoms with Gasteiger partial charge in [0.1, 0.15) is 17.1 Å². The summed E-state index contributed by atoms with van der Waals surface area (Å²) in [5.74, 6) is 0.178. The number of benzene rings is 3. The SMILES string of the molecule is O=C(OCC(=O)N1CCc2ccccc21)c1ccccc1Oc1ccccc1. The van der Waals surface area contributed by atoms with E-state index < -0.39 is 5.97 Å². The second-order valence-corrected chi connectivity index (χ2v) is 6.41. The quantitative estimate of drug-likeness (QED) is 0.628. The van der Waals surface area contributed by atoms with Gasteiger partial charge in [0.25, 0.3) is 5.91 Å². The van der Waals surface area contributed by atoms with Crippen molar-refractivity contribution in [1.82, 2.24) is 0 Å². The van der Waals surface area contributed by atoms with Crippen LogP contribution in [0, 0.1) is 0 Å². The Morgan fingerprint density at radius 1 is 0.857 bits per heavy atom. The molecule has 0 fully saturated rings.